The van der Waals surface area contributed by atoms with Crippen molar-refractivity contribution in [2.45, 2.75) is 33.2 Å². The minimum absolute atomic E-state index is 0.0556. The summed E-state index contributed by atoms with van der Waals surface area (Å²) >= 11 is 0. The van der Waals surface area contributed by atoms with Gasteiger partial charge in [0.2, 0.25) is 0 Å². The summed E-state index contributed by atoms with van der Waals surface area (Å²) in [6.07, 6.45) is 3.89. The van der Waals surface area contributed by atoms with Crippen LogP contribution in [0.3, 0.4) is 0 Å². The maximum absolute atomic E-state index is 13.1. The lowest BCUT2D eigenvalue weighted by Gasteiger charge is -2.34. The van der Waals surface area contributed by atoms with Crippen LogP contribution in [0.2, 0.25) is 0 Å². The van der Waals surface area contributed by atoms with E-state index < -0.39 is 0 Å². The number of hydrogen-bond acceptors (Lipinski definition) is 4. The predicted molar refractivity (Wildman–Crippen MR) is 111 cm³/mol. The van der Waals surface area contributed by atoms with Crippen LogP contribution in [0.4, 0.5) is 0 Å². The Morgan fingerprint density at radius 3 is 2.71 bits per heavy atom. The number of pyridine rings is 1. The van der Waals surface area contributed by atoms with Gasteiger partial charge in [-0.3, -0.25) is 4.79 Å². The van der Waals surface area contributed by atoms with Crippen molar-refractivity contribution < 1.29 is 4.79 Å². The van der Waals surface area contributed by atoms with Crippen molar-refractivity contribution in [1.82, 2.24) is 25.4 Å². The standard InChI is InChI=1S/C22H27N5O/c1-3-27-20-18(14-25-27)17(13-19(26-20)16-7-5-4-6-8-16)21(28)24-15-22(2)9-11-23-12-10-22/h4-8,13-14,23H,3,9-12,15H2,1-2H3,(H,24,28). The van der Waals surface area contributed by atoms with Gasteiger partial charge in [0.05, 0.1) is 22.8 Å². The van der Waals surface area contributed by atoms with E-state index in [1.165, 1.54) is 0 Å². The number of piperidine rings is 1. The second-order valence-electron chi connectivity index (χ2n) is 7.86. The number of aromatic nitrogens is 3. The summed E-state index contributed by atoms with van der Waals surface area (Å²) in [7, 11) is 0. The van der Waals surface area contributed by atoms with Gasteiger partial charge in [-0.15, -0.1) is 0 Å². The molecule has 0 saturated carbocycles. The molecule has 146 valence electrons. The first-order valence-corrected chi connectivity index (χ1v) is 10.0. The van der Waals surface area contributed by atoms with Gasteiger partial charge >= 0.3 is 0 Å². The summed E-state index contributed by atoms with van der Waals surface area (Å²) in [5.74, 6) is -0.0556. The Balaban J connectivity index is 1.68. The van der Waals surface area contributed by atoms with E-state index >= 15 is 0 Å². The summed E-state index contributed by atoms with van der Waals surface area (Å²) in [5, 5.41) is 11.8. The van der Waals surface area contributed by atoms with Crippen molar-refractivity contribution in [1.29, 1.82) is 0 Å². The highest BCUT2D eigenvalue weighted by molar-refractivity contribution is 6.06. The molecule has 1 saturated heterocycles. The number of rotatable bonds is 5. The molecule has 6 heteroatoms. The molecule has 1 aliphatic heterocycles. The largest absolute Gasteiger partial charge is 0.351 e. The molecule has 0 unspecified atom stereocenters. The Bertz CT molecular complexity index is 973. The fourth-order valence-corrected chi connectivity index (χ4v) is 3.82. The zero-order valence-electron chi connectivity index (χ0n) is 16.5. The normalized spacial score (nSPS) is 16.2. The van der Waals surface area contributed by atoms with Crippen molar-refractivity contribution >= 4 is 16.9 Å². The maximum Gasteiger partial charge on any atom is 0.252 e. The molecule has 1 fully saturated rings. The molecule has 0 spiro atoms. The predicted octanol–water partition coefficient (Wildman–Crippen LogP) is 3.24. The van der Waals surface area contributed by atoms with Gasteiger partial charge in [0, 0.05) is 18.7 Å². The molecule has 0 bridgehead atoms. The highest BCUT2D eigenvalue weighted by Crippen LogP contribution is 2.28. The highest BCUT2D eigenvalue weighted by atomic mass is 16.1. The molecule has 6 nitrogen and oxygen atoms in total. The fourth-order valence-electron chi connectivity index (χ4n) is 3.82. The molecule has 28 heavy (non-hydrogen) atoms. The molecule has 0 radical (unpaired) electrons. The molecule has 0 atom stereocenters. The van der Waals surface area contributed by atoms with Crippen LogP contribution in [0.5, 0.6) is 0 Å². The van der Waals surface area contributed by atoms with Crippen LogP contribution in [0, 0.1) is 5.41 Å². The Labute approximate surface area is 165 Å². The maximum atomic E-state index is 13.1. The van der Waals surface area contributed by atoms with Gasteiger partial charge in [-0.05, 0) is 44.3 Å². The monoisotopic (exact) mass is 377 g/mol. The van der Waals surface area contributed by atoms with E-state index in [1.807, 2.05) is 48.0 Å². The first-order valence-electron chi connectivity index (χ1n) is 10.0. The fraction of sp³-hybridized carbons (Fsp3) is 0.409. The van der Waals surface area contributed by atoms with Gasteiger partial charge in [-0.2, -0.15) is 5.10 Å². The quantitative estimate of drug-likeness (QED) is 0.716. The SMILES string of the molecule is CCn1ncc2c(C(=O)NCC3(C)CCNCC3)cc(-c3ccccc3)nc21. The molecule has 1 amide bonds. The van der Waals surface area contributed by atoms with Gasteiger partial charge in [0.15, 0.2) is 5.65 Å². The Morgan fingerprint density at radius 1 is 1.25 bits per heavy atom. The van der Waals surface area contributed by atoms with E-state index in [0.717, 1.165) is 48.2 Å². The van der Waals surface area contributed by atoms with E-state index in [9.17, 15) is 4.79 Å². The number of amides is 1. The number of benzene rings is 1. The first-order chi connectivity index (χ1) is 13.6. The molecule has 3 heterocycles. The Hall–Kier alpha value is -2.73. The summed E-state index contributed by atoms with van der Waals surface area (Å²) < 4.78 is 1.84. The molecule has 2 N–H and O–H groups in total. The van der Waals surface area contributed by atoms with Gasteiger partial charge < -0.3 is 10.6 Å². The minimum Gasteiger partial charge on any atom is -0.351 e. The number of fused-ring (bicyclic) bond motifs is 1. The molecular formula is C22H27N5O. The lowest BCUT2D eigenvalue weighted by Crippen LogP contribution is -2.42. The third-order valence-electron chi connectivity index (χ3n) is 5.71. The van der Waals surface area contributed by atoms with Gasteiger partial charge in [-0.1, -0.05) is 37.3 Å². The topological polar surface area (TPSA) is 71.8 Å². The van der Waals surface area contributed by atoms with E-state index in [4.69, 9.17) is 4.98 Å². The molecule has 1 aliphatic rings. The average Bonchev–Trinajstić information content (AvgIpc) is 3.15. The third kappa shape index (κ3) is 3.64. The van der Waals surface area contributed by atoms with Crippen molar-refractivity contribution in [3.05, 3.63) is 48.2 Å². The minimum atomic E-state index is -0.0556. The number of carbonyl (C=O) groups is 1. The average molecular weight is 377 g/mol. The zero-order valence-corrected chi connectivity index (χ0v) is 16.5. The highest BCUT2D eigenvalue weighted by Gasteiger charge is 2.27. The molecule has 3 aromatic rings. The van der Waals surface area contributed by atoms with Crippen LogP contribution in [0.15, 0.2) is 42.6 Å². The summed E-state index contributed by atoms with van der Waals surface area (Å²) in [5.41, 5.74) is 3.32. The molecular weight excluding hydrogens is 350 g/mol. The van der Waals surface area contributed by atoms with Crippen LogP contribution in [-0.2, 0) is 6.54 Å². The van der Waals surface area contributed by atoms with E-state index in [0.29, 0.717) is 18.7 Å². The smallest absolute Gasteiger partial charge is 0.252 e. The van der Waals surface area contributed by atoms with Gasteiger partial charge in [0.1, 0.15) is 0 Å². The summed E-state index contributed by atoms with van der Waals surface area (Å²) in [6, 6.07) is 11.9. The van der Waals surface area contributed by atoms with Crippen LogP contribution in [0.1, 0.15) is 37.0 Å². The lowest BCUT2D eigenvalue weighted by atomic mass is 9.81. The first kappa shape index (κ1) is 18.6. The number of hydrogen-bond donors (Lipinski definition) is 2. The van der Waals surface area contributed by atoms with Crippen molar-refractivity contribution in [2.75, 3.05) is 19.6 Å². The molecule has 0 aliphatic carbocycles. The van der Waals surface area contributed by atoms with Gasteiger partial charge in [-0.25, -0.2) is 9.67 Å². The van der Waals surface area contributed by atoms with Crippen LogP contribution in [0.25, 0.3) is 22.3 Å². The number of carbonyl (C=O) groups excluding carboxylic acids is 1. The zero-order chi connectivity index (χ0) is 19.6. The van der Waals surface area contributed by atoms with Crippen molar-refractivity contribution in [3.8, 4) is 11.3 Å². The number of nitrogens with one attached hydrogen (secondary N) is 2. The van der Waals surface area contributed by atoms with Gasteiger partial charge in [0.25, 0.3) is 5.91 Å². The molecule has 4 rings (SSSR count). The molecule has 2 aromatic heterocycles. The van der Waals surface area contributed by atoms with Crippen molar-refractivity contribution in [3.63, 3.8) is 0 Å². The number of nitrogens with zero attached hydrogens (tertiary/aromatic N) is 3. The molecule has 1 aromatic carbocycles. The lowest BCUT2D eigenvalue weighted by molar-refractivity contribution is 0.0924. The van der Waals surface area contributed by atoms with Crippen LogP contribution >= 0.6 is 0 Å². The Kier molecular flexibility index (Phi) is 5.13. The van der Waals surface area contributed by atoms with Crippen LogP contribution < -0.4 is 10.6 Å². The summed E-state index contributed by atoms with van der Waals surface area (Å²) in [4.78, 5) is 17.9. The number of aryl methyl sites for hydroxylation is 1. The Morgan fingerprint density at radius 2 is 2.00 bits per heavy atom. The van der Waals surface area contributed by atoms with Crippen LogP contribution in [-0.4, -0.2) is 40.3 Å². The van der Waals surface area contributed by atoms with Crippen molar-refractivity contribution in [2.24, 2.45) is 5.41 Å². The second kappa shape index (κ2) is 7.72. The van der Waals surface area contributed by atoms with E-state index in [2.05, 4.69) is 22.7 Å². The summed E-state index contributed by atoms with van der Waals surface area (Å²) in [6.45, 7) is 7.68. The van der Waals surface area contributed by atoms with E-state index in [1.54, 1.807) is 6.20 Å². The van der Waals surface area contributed by atoms with E-state index in [-0.39, 0.29) is 11.3 Å². The second-order valence-corrected chi connectivity index (χ2v) is 7.86. The third-order valence-corrected chi connectivity index (χ3v) is 5.71.